The number of primary amides is 1. The van der Waals surface area contributed by atoms with Crippen molar-refractivity contribution in [1.82, 2.24) is 9.80 Å². The topological polar surface area (TPSA) is 73.4 Å². The Morgan fingerprint density at radius 1 is 1.29 bits per heavy atom. The van der Waals surface area contributed by atoms with E-state index in [1.165, 1.54) is 0 Å². The highest BCUT2D eigenvalue weighted by atomic mass is 16.1. The third kappa shape index (κ3) is 3.73. The number of piperazine rings is 1. The predicted octanol–water partition coefficient (Wildman–Crippen LogP) is -0.997. The quantitative estimate of drug-likeness (QED) is 0.585. The zero-order valence-corrected chi connectivity index (χ0v) is 8.28. The molecule has 0 radical (unpaired) electrons. The number of nitrogens with two attached hydrogens (primary N) is 1. The minimum Gasteiger partial charge on any atom is -0.370 e. The minimum absolute atomic E-state index is 0.246. The highest BCUT2D eigenvalue weighted by molar-refractivity contribution is 5.73. The van der Waals surface area contributed by atoms with Crippen LogP contribution in [0.2, 0.25) is 0 Å². The van der Waals surface area contributed by atoms with E-state index in [1.807, 2.05) is 0 Å². The number of hydrogen-bond acceptors (Lipinski definition) is 4. The van der Waals surface area contributed by atoms with Crippen molar-refractivity contribution < 1.29 is 4.79 Å². The van der Waals surface area contributed by atoms with E-state index < -0.39 is 0 Å². The van der Waals surface area contributed by atoms with Gasteiger partial charge in [-0.25, -0.2) is 0 Å². The maximum absolute atomic E-state index is 10.6. The Morgan fingerprint density at radius 2 is 1.86 bits per heavy atom. The second-order valence-electron chi connectivity index (χ2n) is 3.49. The summed E-state index contributed by atoms with van der Waals surface area (Å²) in [6, 6.07) is 2.14. The molecule has 5 heteroatoms. The van der Waals surface area contributed by atoms with Gasteiger partial charge in [0.15, 0.2) is 0 Å². The van der Waals surface area contributed by atoms with Crippen LogP contribution >= 0.6 is 0 Å². The molecule has 14 heavy (non-hydrogen) atoms. The highest BCUT2D eigenvalue weighted by Gasteiger charge is 2.16. The van der Waals surface area contributed by atoms with Crippen molar-refractivity contribution in [3.8, 4) is 6.07 Å². The van der Waals surface area contributed by atoms with E-state index in [0.29, 0.717) is 13.0 Å². The number of hydrogen-bond donors (Lipinski definition) is 1. The molecule has 1 aliphatic heterocycles. The number of amides is 1. The van der Waals surface area contributed by atoms with Gasteiger partial charge in [0, 0.05) is 39.1 Å². The van der Waals surface area contributed by atoms with Gasteiger partial charge in [0.2, 0.25) is 5.91 Å². The summed E-state index contributed by atoms with van der Waals surface area (Å²) in [6.45, 7) is 4.92. The van der Waals surface area contributed by atoms with Crippen LogP contribution in [0.1, 0.15) is 6.42 Å². The predicted molar refractivity (Wildman–Crippen MR) is 52.3 cm³/mol. The number of nitrogens with zero attached hydrogens (tertiary/aromatic N) is 3. The van der Waals surface area contributed by atoms with E-state index in [-0.39, 0.29) is 5.91 Å². The SMILES string of the molecule is N#CCN1CCN(CCC(N)=O)CC1. The van der Waals surface area contributed by atoms with Gasteiger partial charge in [-0.1, -0.05) is 0 Å². The third-order valence-electron chi connectivity index (χ3n) is 2.43. The fourth-order valence-electron chi connectivity index (χ4n) is 1.54. The average molecular weight is 196 g/mol. The number of carbonyl (C=O) groups excluding carboxylic acids is 1. The molecule has 2 N–H and O–H groups in total. The standard InChI is InChI=1S/C9H16N4O/c10-2-4-13-7-5-12(6-8-13)3-1-9(11)14/h1,3-8H2,(H2,11,14). The fraction of sp³-hybridized carbons (Fsp3) is 0.778. The molecule has 1 heterocycles. The Bertz CT molecular complexity index is 227. The molecule has 0 aliphatic carbocycles. The first-order valence-corrected chi connectivity index (χ1v) is 4.82. The monoisotopic (exact) mass is 196 g/mol. The molecule has 0 aromatic heterocycles. The van der Waals surface area contributed by atoms with Crippen LogP contribution in [-0.2, 0) is 4.79 Å². The molecule has 0 saturated carbocycles. The lowest BCUT2D eigenvalue weighted by Crippen LogP contribution is -2.47. The van der Waals surface area contributed by atoms with Crippen molar-refractivity contribution >= 4 is 5.91 Å². The van der Waals surface area contributed by atoms with Crippen molar-refractivity contribution in [2.24, 2.45) is 5.73 Å². The van der Waals surface area contributed by atoms with E-state index in [9.17, 15) is 4.79 Å². The van der Waals surface area contributed by atoms with Gasteiger partial charge in [-0.2, -0.15) is 5.26 Å². The maximum Gasteiger partial charge on any atom is 0.218 e. The second kappa shape index (κ2) is 5.58. The van der Waals surface area contributed by atoms with E-state index in [2.05, 4.69) is 15.9 Å². The number of nitriles is 1. The first-order valence-electron chi connectivity index (χ1n) is 4.82. The van der Waals surface area contributed by atoms with E-state index in [1.54, 1.807) is 0 Å². The summed E-state index contributed by atoms with van der Waals surface area (Å²) in [5, 5.41) is 8.49. The molecule has 0 atom stereocenters. The van der Waals surface area contributed by atoms with Crippen molar-refractivity contribution in [3.63, 3.8) is 0 Å². The number of rotatable bonds is 4. The van der Waals surface area contributed by atoms with Gasteiger partial charge in [0.25, 0.3) is 0 Å². The highest BCUT2D eigenvalue weighted by Crippen LogP contribution is 2.01. The lowest BCUT2D eigenvalue weighted by Gasteiger charge is -2.32. The van der Waals surface area contributed by atoms with E-state index in [4.69, 9.17) is 11.0 Å². The molecular weight excluding hydrogens is 180 g/mol. The molecule has 1 aliphatic rings. The molecule has 0 unspecified atom stereocenters. The normalized spacial score (nSPS) is 19.1. The van der Waals surface area contributed by atoms with Crippen molar-refractivity contribution in [1.29, 1.82) is 5.26 Å². The van der Waals surface area contributed by atoms with Gasteiger partial charge in [-0.15, -0.1) is 0 Å². The Balaban J connectivity index is 2.16. The lowest BCUT2D eigenvalue weighted by atomic mass is 10.3. The second-order valence-corrected chi connectivity index (χ2v) is 3.49. The zero-order valence-electron chi connectivity index (χ0n) is 8.28. The summed E-state index contributed by atoms with van der Waals surface area (Å²) < 4.78 is 0. The maximum atomic E-state index is 10.6. The summed E-state index contributed by atoms with van der Waals surface area (Å²) in [5.74, 6) is -0.246. The third-order valence-corrected chi connectivity index (χ3v) is 2.43. The van der Waals surface area contributed by atoms with Crippen LogP contribution in [0, 0.1) is 11.3 Å². The molecule has 0 spiro atoms. The largest absolute Gasteiger partial charge is 0.370 e. The molecule has 0 aromatic rings. The zero-order chi connectivity index (χ0) is 10.4. The summed E-state index contributed by atoms with van der Waals surface area (Å²) in [5.41, 5.74) is 5.07. The van der Waals surface area contributed by atoms with Gasteiger partial charge in [-0.05, 0) is 0 Å². The van der Waals surface area contributed by atoms with Crippen LogP contribution in [-0.4, -0.2) is 55.0 Å². The molecule has 1 rings (SSSR count). The van der Waals surface area contributed by atoms with Gasteiger partial charge in [0.05, 0.1) is 12.6 Å². The molecule has 0 aromatic carbocycles. The molecular formula is C9H16N4O. The Labute approximate surface area is 84.1 Å². The van der Waals surface area contributed by atoms with Crippen LogP contribution in [0.25, 0.3) is 0 Å². The molecule has 1 fully saturated rings. The van der Waals surface area contributed by atoms with Gasteiger partial charge in [0.1, 0.15) is 0 Å². The van der Waals surface area contributed by atoms with Crippen molar-refractivity contribution in [2.75, 3.05) is 39.3 Å². The minimum atomic E-state index is -0.246. The molecule has 78 valence electrons. The Kier molecular flexibility index (Phi) is 4.36. The summed E-state index contributed by atoms with van der Waals surface area (Å²) >= 11 is 0. The van der Waals surface area contributed by atoms with Gasteiger partial charge >= 0.3 is 0 Å². The molecule has 0 bridgehead atoms. The van der Waals surface area contributed by atoms with Crippen LogP contribution in [0.3, 0.4) is 0 Å². The Morgan fingerprint density at radius 3 is 2.36 bits per heavy atom. The summed E-state index contributed by atoms with van der Waals surface area (Å²) in [7, 11) is 0. The van der Waals surface area contributed by atoms with Crippen molar-refractivity contribution in [3.05, 3.63) is 0 Å². The van der Waals surface area contributed by atoms with Gasteiger partial charge < -0.3 is 10.6 Å². The lowest BCUT2D eigenvalue weighted by molar-refractivity contribution is -0.118. The summed E-state index contributed by atoms with van der Waals surface area (Å²) in [4.78, 5) is 14.9. The van der Waals surface area contributed by atoms with Crippen molar-refractivity contribution in [2.45, 2.75) is 6.42 Å². The average Bonchev–Trinajstić information content (AvgIpc) is 2.17. The smallest absolute Gasteiger partial charge is 0.218 e. The van der Waals surface area contributed by atoms with Crippen LogP contribution < -0.4 is 5.73 Å². The van der Waals surface area contributed by atoms with E-state index in [0.717, 1.165) is 32.7 Å². The molecule has 1 amide bonds. The van der Waals surface area contributed by atoms with E-state index >= 15 is 0 Å². The van der Waals surface area contributed by atoms with Crippen LogP contribution in [0.4, 0.5) is 0 Å². The Hall–Kier alpha value is -1.12. The van der Waals surface area contributed by atoms with Gasteiger partial charge in [-0.3, -0.25) is 9.69 Å². The molecule has 5 nitrogen and oxygen atoms in total. The van der Waals surface area contributed by atoms with Crippen LogP contribution in [0.5, 0.6) is 0 Å². The number of carbonyl (C=O) groups is 1. The fourth-order valence-corrected chi connectivity index (χ4v) is 1.54. The first-order chi connectivity index (χ1) is 6.72. The molecule has 1 saturated heterocycles. The summed E-state index contributed by atoms with van der Waals surface area (Å²) in [6.07, 6.45) is 0.429. The first kappa shape index (κ1) is 11.0. The van der Waals surface area contributed by atoms with Crippen LogP contribution in [0.15, 0.2) is 0 Å².